The van der Waals surface area contributed by atoms with Gasteiger partial charge in [0.2, 0.25) is 5.75 Å². The smallest absolute Gasteiger partial charge is 0.278 e. The van der Waals surface area contributed by atoms with Crippen molar-refractivity contribution >= 4 is 23.1 Å². The number of imide groups is 1. The first-order chi connectivity index (χ1) is 14.8. The maximum Gasteiger partial charge on any atom is 0.278 e. The molecule has 7 nitrogen and oxygen atoms in total. The summed E-state index contributed by atoms with van der Waals surface area (Å²) in [5.41, 5.74) is 1.20. The van der Waals surface area contributed by atoms with Gasteiger partial charge in [0, 0.05) is 24.4 Å². The number of rotatable bonds is 8. The van der Waals surface area contributed by atoms with Gasteiger partial charge in [-0.3, -0.25) is 14.5 Å². The topological polar surface area (TPSA) is 77.1 Å². The first-order valence-electron chi connectivity index (χ1n) is 9.74. The van der Waals surface area contributed by atoms with Crippen molar-refractivity contribution in [3.05, 3.63) is 53.5 Å². The molecule has 1 heterocycles. The lowest BCUT2D eigenvalue weighted by Crippen LogP contribution is -2.35. The van der Waals surface area contributed by atoms with Gasteiger partial charge in [-0.1, -0.05) is 26.0 Å². The first-order valence-corrected chi connectivity index (χ1v) is 9.74. The second-order valence-corrected chi connectivity index (χ2v) is 7.41. The normalized spacial score (nSPS) is 13.8. The maximum absolute atomic E-state index is 13.4. The van der Waals surface area contributed by atoms with E-state index in [1.165, 1.54) is 50.5 Å². The minimum absolute atomic E-state index is 0.0860. The average Bonchev–Trinajstić information content (AvgIpc) is 2.97. The van der Waals surface area contributed by atoms with E-state index in [0.717, 1.165) is 0 Å². The zero-order valence-corrected chi connectivity index (χ0v) is 18.1. The van der Waals surface area contributed by atoms with Gasteiger partial charge in [0.15, 0.2) is 11.5 Å². The molecule has 0 atom stereocenters. The van der Waals surface area contributed by atoms with Crippen molar-refractivity contribution in [2.45, 2.75) is 13.8 Å². The molecule has 0 saturated carbocycles. The molecule has 1 aliphatic heterocycles. The largest absolute Gasteiger partial charge is 0.493 e. The Balaban J connectivity index is 2.11. The Labute approximate surface area is 180 Å². The summed E-state index contributed by atoms with van der Waals surface area (Å²) in [7, 11) is 4.46. The van der Waals surface area contributed by atoms with Crippen molar-refractivity contribution in [3.63, 3.8) is 0 Å². The highest BCUT2D eigenvalue weighted by Gasteiger charge is 2.39. The van der Waals surface area contributed by atoms with Crippen LogP contribution in [0.25, 0.3) is 5.57 Å². The third kappa shape index (κ3) is 4.33. The van der Waals surface area contributed by atoms with Crippen LogP contribution in [0.5, 0.6) is 17.2 Å². The molecular weight excluding hydrogens is 403 g/mol. The number of halogens is 1. The predicted octanol–water partition coefficient (Wildman–Crippen LogP) is 3.70. The van der Waals surface area contributed by atoms with Crippen molar-refractivity contribution in [1.29, 1.82) is 0 Å². The number of amides is 2. The van der Waals surface area contributed by atoms with Crippen LogP contribution in [0.4, 0.5) is 10.1 Å². The maximum atomic E-state index is 13.4. The van der Waals surface area contributed by atoms with E-state index >= 15 is 0 Å². The van der Waals surface area contributed by atoms with Gasteiger partial charge in [0.25, 0.3) is 11.8 Å². The van der Waals surface area contributed by atoms with Gasteiger partial charge in [-0.25, -0.2) is 4.39 Å². The molecule has 2 aromatic carbocycles. The second-order valence-electron chi connectivity index (χ2n) is 7.41. The van der Waals surface area contributed by atoms with Gasteiger partial charge in [0.05, 0.1) is 26.9 Å². The molecule has 0 unspecified atom stereocenters. The number of nitrogens with zero attached hydrogens (tertiary/aromatic N) is 1. The van der Waals surface area contributed by atoms with Crippen LogP contribution < -0.4 is 19.5 Å². The van der Waals surface area contributed by atoms with E-state index in [4.69, 9.17) is 14.2 Å². The average molecular weight is 428 g/mol. The summed E-state index contributed by atoms with van der Waals surface area (Å²) in [6.45, 7) is 4.11. The zero-order chi connectivity index (χ0) is 22.7. The standard InChI is InChI=1S/C23H25FN2O5/c1-13(2)12-26-22(27)19(14-6-8-15(24)9-7-14)20(23(26)28)25-16-10-17(29-3)21(31-5)18(11-16)30-4/h6-11,13,25H,12H2,1-5H3. The molecule has 0 bridgehead atoms. The summed E-state index contributed by atoms with van der Waals surface area (Å²) < 4.78 is 29.5. The Bertz CT molecular complexity index is 1010. The van der Waals surface area contributed by atoms with E-state index in [9.17, 15) is 14.0 Å². The van der Waals surface area contributed by atoms with Crippen molar-refractivity contribution < 1.29 is 28.2 Å². The summed E-state index contributed by atoms with van der Waals surface area (Å²) in [6, 6.07) is 8.74. The Morgan fingerprint density at radius 1 is 0.935 bits per heavy atom. The highest BCUT2D eigenvalue weighted by atomic mass is 19.1. The van der Waals surface area contributed by atoms with E-state index in [-0.39, 0.29) is 23.7 Å². The van der Waals surface area contributed by atoms with Crippen LogP contribution in [-0.2, 0) is 9.59 Å². The minimum atomic E-state index is -0.452. The zero-order valence-electron chi connectivity index (χ0n) is 18.1. The van der Waals surface area contributed by atoms with Gasteiger partial charge in [-0.05, 0) is 23.6 Å². The molecule has 0 spiro atoms. The molecule has 0 aromatic heterocycles. The monoisotopic (exact) mass is 428 g/mol. The number of ether oxygens (including phenoxy) is 3. The quantitative estimate of drug-likeness (QED) is 0.646. The summed E-state index contributed by atoms with van der Waals surface area (Å²) in [6.07, 6.45) is 0. The molecule has 0 aliphatic carbocycles. The molecule has 3 rings (SSSR count). The predicted molar refractivity (Wildman–Crippen MR) is 115 cm³/mol. The van der Waals surface area contributed by atoms with Crippen LogP contribution >= 0.6 is 0 Å². The number of carbonyl (C=O) groups excluding carboxylic acids is 2. The van der Waals surface area contributed by atoms with Crippen LogP contribution in [0.1, 0.15) is 19.4 Å². The van der Waals surface area contributed by atoms with E-state index in [0.29, 0.717) is 28.5 Å². The Morgan fingerprint density at radius 2 is 1.52 bits per heavy atom. The van der Waals surface area contributed by atoms with Gasteiger partial charge >= 0.3 is 0 Å². The fourth-order valence-electron chi connectivity index (χ4n) is 3.40. The van der Waals surface area contributed by atoms with Crippen LogP contribution in [0, 0.1) is 11.7 Å². The molecule has 2 aromatic rings. The van der Waals surface area contributed by atoms with Crippen molar-refractivity contribution in [3.8, 4) is 17.2 Å². The van der Waals surface area contributed by atoms with Crippen LogP contribution in [0.2, 0.25) is 0 Å². The van der Waals surface area contributed by atoms with Gasteiger partial charge in [0.1, 0.15) is 11.5 Å². The molecule has 1 aliphatic rings. The Morgan fingerprint density at radius 3 is 2.00 bits per heavy atom. The molecular formula is C23H25FN2O5. The molecule has 1 N–H and O–H groups in total. The lowest BCUT2D eigenvalue weighted by molar-refractivity contribution is -0.137. The number of hydrogen-bond acceptors (Lipinski definition) is 6. The second kappa shape index (κ2) is 9.07. The molecule has 0 fully saturated rings. The van der Waals surface area contributed by atoms with E-state index < -0.39 is 17.6 Å². The van der Waals surface area contributed by atoms with Crippen molar-refractivity contribution in [2.24, 2.45) is 5.92 Å². The van der Waals surface area contributed by atoms with E-state index in [1.807, 2.05) is 13.8 Å². The van der Waals surface area contributed by atoms with Gasteiger partial charge in [-0.15, -0.1) is 0 Å². The van der Waals surface area contributed by atoms with Crippen LogP contribution in [0.15, 0.2) is 42.1 Å². The summed E-state index contributed by atoms with van der Waals surface area (Å²) in [4.78, 5) is 27.5. The highest BCUT2D eigenvalue weighted by molar-refractivity contribution is 6.36. The fraction of sp³-hybridized carbons (Fsp3) is 0.304. The summed E-state index contributed by atoms with van der Waals surface area (Å²) in [5, 5.41) is 3.05. The Hall–Kier alpha value is -3.55. The lowest BCUT2D eigenvalue weighted by atomic mass is 10.0. The SMILES string of the molecule is COc1cc(NC2=C(c3ccc(F)cc3)C(=O)N(CC(C)C)C2=O)cc(OC)c1OC. The number of anilines is 1. The molecule has 164 valence electrons. The van der Waals surface area contributed by atoms with Crippen molar-refractivity contribution in [1.82, 2.24) is 4.90 Å². The molecule has 0 radical (unpaired) electrons. The number of benzene rings is 2. The molecule has 0 saturated heterocycles. The van der Waals surface area contributed by atoms with E-state index in [1.54, 1.807) is 12.1 Å². The molecule has 31 heavy (non-hydrogen) atoms. The highest BCUT2D eigenvalue weighted by Crippen LogP contribution is 2.41. The fourth-order valence-corrected chi connectivity index (χ4v) is 3.40. The molecule has 2 amide bonds. The molecule has 8 heteroatoms. The number of hydrogen-bond donors (Lipinski definition) is 1. The third-order valence-corrected chi connectivity index (χ3v) is 4.78. The number of methoxy groups -OCH3 is 3. The summed E-state index contributed by atoms with van der Waals surface area (Å²) >= 11 is 0. The van der Waals surface area contributed by atoms with E-state index in [2.05, 4.69) is 5.32 Å². The minimum Gasteiger partial charge on any atom is -0.493 e. The first kappa shape index (κ1) is 22.1. The number of nitrogens with one attached hydrogen (secondary N) is 1. The van der Waals surface area contributed by atoms with Gasteiger partial charge in [-0.2, -0.15) is 0 Å². The number of carbonyl (C=O) groups is 2. The van der Waals surface area contributed by atoms with Crippen molar-refractivity contribution in [2.75, 3.05) is 33.2 Å². The van der Waals surface area contributed by atoms with Crippen LogP contribution in [-0.4, -0.2) is 44.6 Å². The lowest BCUT2D eigenvalue weighted by Gasteiger charge is -2.18. The Kier molecular flexibility index (Phi) is 6.48. The third-order valence-electron chi connectivity index (χ3n) is 4.78. The van der Waals surface area contributed by atoms with Crippen LogP contribution in [0.3, 0.4) is 0 Å². The van der Waals surface area contributed by atoms with Gasteiger partial charge < -0.3 is 19.5 Å². The summed E-state index contributed by atoms with van der Waals surface area (Å²) in [5.74, 6) is -0.0408.